The van der Waals surface area contributed by atoms with E-state index in [4.69, 9.17) is 0 Å². The minimum atomic E-state index is 1.27. The van der Waals surface area contributed by atoms with Gasteiger partial charge >= 0.3 is 0 Å². The molecule has 0 aromatic heterocycles. The van der Waals surface area contributed by atoms with Gasteiger partial charge in [0.15, 0.2) is 0 Å². The van der Waals surface area contributed by atoms with E-state index in [9.17, 15) is 0 Å². The minimum absolute atomic E-state index is 1.27. The zero-order chi connectivity index (χ0) is 4.24. The van der Waals surface area contributed by atoms with Gasteiger partial charge in [-0.25, -0.2) is 0 Å². The predicted octanol–water partition coefficient (Wildman–Crippen LogP) is 1.61. The molecule has 1 rings (SSSR count). The van der Waals surface area contributed by atoms with Gasteiger partial charge in [0.05, 0.1) is 0 Å². The molecular weight excluding hydrogens is 132 g/mol. The van der Waals surface area contributed by atoms with Crippen molar-refractivity contribution >= 4 is 39.6 Å². The van der Waals surface area contributed by atoms with E-state index >= 15 is 0 Å². The molecule has 0 amide bonds. The molecule has 0 atom stereocenters. The van der Waals surface area contributed by atoms with Gasteiger partial charge in [0.25, 0.3) is 0 Å². The third-order valence-corrected chi connectivity index (χ3v) is 4.20. The molecule has 1 aliphatic heterocycles. The van der Waals surface area contributed by atoms with Crippen LogP contribution in [0.5, 0.6) is 0 Å². The van der Waals surface area contributed by atoms with E-state index in [1.165, 1.54) is 21.5 Å². The van der Waals surface area contributed by atoms with Gasteiger partial charge in [0.1, 0.15) is 0 Å². The lowest BCUT2D eigenvalue weighted by Crippen LogP contribution is -1.75. The highest BCUT2D eigenvalue weighted by Gasteiger charge is 1.86. The second-order valence-electron chi connectivity index (χ2n) is 0.906. The summed E-state index contributed by atoms with van der Waals surface area (Å²) in [7, 11) is 0. The van der Waals surface area contributed by atoms with E-state index in [2.05, 4.69) is 4.70 Å². The molecule has 0 aliphatic carbocycles. The molecule has 1 heterocycles. The summed E-state index contributed by atoms with van der Waals surface area (Å²) < 4.78 is 2.26. The van der Waals surface area contributed by atoms with Gasteiger partial charge in [0.2, 0.25) is 0 Å². The maximum atomic E-state index is 2.26. The van der Waals surface area contributed by atoms with Crippen molar-refractivity contribution < 1.29 is 0 Å². The Hall–Kier alpha value is 0.920. The van der Waals surface area contributed by atoms with Crippen LogP contribution in [-0.4, -0.2) is 14.9 Å². The summed E-state index contributed by atoms with van der Waals surface area (Å²) in [5.41, 5.74) is 0. The van der Waals surface area contributed by atoms with Gasteiger partial charge in [-0.05, 0) is 4.70 Å². The fraction of sp³-hybridized carbons (Fsp3) is 0.667. The quantitative estimate of drug-likeness (QED) is 0.399. The first kappa shape index (κ1) is 5.06. The monoisotopic (exact) mass is 138 g/mol. The Balaban J connectivity index is 2.26. The van der Waals surface area contributed by atoms with Crippen molar-refractivity contribution in [1.82, 2.24) is 0 Å². The van der Waals surface area contributed by atoms with Crippen molar-refractivity contribution in [2.75, 3.05) is 10.2 Å². The van der Waals surface area contributed by atoms with Crippen LogP contribution in [0.1, 0.15) is 0 Å². The highest BCUT2D eigenvalue weighted by Crippen LogP contribution is 2.18. The lowest BCUT2D eigenvalue weighted by Gasteiger charge is -1.98. The summed E-state index contributed by atoms with van der Waals surface area (Å²) in [6.07, 6.45) is 0. The minimum Gasteiger partial charge on any atom is -0.184 e. The Kier molecular flexibility index (Phi) is 2.53. The van der Waals surface area contributed by atoms with Crippen molar-refractivity contribution in [3.05, 3.63) is 0 Å². The van der Waals surface area contributed by atoms with Crippen LogP contribution in [0, 0.1) is 0 Å². The third kappa shape index (κ3) is 1.58. The number of hydrogen-bond acceptors (Lipinski definition) is 2. The molecule has 0 saturated carbocycles. The van der Waals surface area contributed by atoms with Crippen LogP contribution in [0.3, 0.4) is 0 Å². The maximum Gasteiger partial charge on any atom is 0.0446 e. The molecule has 0 fully saturated rings. The molecule has 0 bridgehead atoms. The molecular formula is C3H6S3. The second kappa shape index (κ2) is 2.99. The topological polar surface area (TPSA) is 0 Å². The molecule has 0 radical (unpaired) electrons. The van der Waals surface area contributed by atoms with Gasteiger partial charge < -0.3 is 0 Å². The molecule has 0 aromatic carbocycles. The van der Waals surface area contributed by atoms with E-state index in [-0.39, 0.29) is 0 Å². The van der Waals surface area contributed by atoms with Crippen molar-refractivity contribution in [3.63, 3.8) is 0 Å². The normalized spacial score (nSPS) is 22.7. The Morgan fingerprint density at radius 1 is 1.67 bits per heavy atom. The van der Waals surface area contributed by atoms with Crippen molar-refractivity contribution in [2.45, 2.75) is 0 Å². The van der Waals surface area contributed by atoms with Crippen molar-refractivity contribution in [2.24, 2.45) is 0 Å². The largest absolute Gasteiger partial charge is 0.184 e. The molecule has 0 nitrogen and oxygen atoms in total. The molecule has 6 heavy (non-hydrogen) atoms. The average molecular weight is 138 g/mol. The molecule has 1 aliphatic rings. The number of hydrogen-bond donors (Lipinski definition) is 1. The van der Waals surface area contributed by atoms with Crippen LogP contribution in [0.2, 0.25) is 0 Å². The van der Waals surface area contributed by atoms with Crippen LogP contribution in [0.15, 0.2) is 0 Å². The molecule has 36 valence electrons. The van der Waals surface area contributed by atoms with Crippen LogP contribution in [0.4, 0.5) is 0 Å². The third-order valence-electron chi connectivity index (χ3n) is 0.466. The standard InChI is InChI=1S/C3H6S3/c1-4-2-6-3-5-1/h1,4H,2-3H2. The Labute approximate surface area is 50.0 Å². The summed E-state index contributed by atoms with van der Waals surface area (Å²) in [4.78, 5) is 0. The SMILES string of the molecule is C1=[SH]CSCS1. The van der Waals surface area contributed by atoms with E-state index in [0.29, 0.717) is 0 Å². The fourth-order valence-corrected chi connectivity index (χ4v) is 4.03. The summed E-state index contributed by atoms with van der Waals surface area (Å²) >= 11 is 5.43. The lowest BCUT2D eigenvalue weighted by molar-refractivity contribution is 2.18. The molecule has 3 heteroatoms. The second-order valence-corrected chi connectivity index (χ2v) is 4.83. The van der Waals surface area contributed by atoms with Crippen LogP contribution in [-0.2, 0) is 0 Å². The summed E-state index contributed by atoms with van der Waals surface area (Å²) in [5, 5.41) is 2.58. The first-order valence-electron chi connectivity index (χ1n) is 1.68. The van der Waals surface area contributed by atoms with Gasteiger partial charge in [-0.2, -0.15) is 11.4 Å². The van der Waals surface area contributed by atoms with E-state index in [0.717, 1.165) is 0 Å². The maximum absolute atomic E-state index is 2.26. The van der Waals surface area contributed by atoms with Gasteiger partial charge in [-0.3, -0.25) is 0 Å². The van der Waals surface area contributed by atoms with Crippen LogP contribution >= 0.6 is 34.9 Å². The smallest absolute Gasteiger partial charge is 0.0446 e. The summed E-state index contributed by atoms with van der Waals surface area (Å²) in [6, 6.07) is 0. The van der Waals surface area contributed by atoms with Crippen LogP contribution in [0.25, 0.3) is 0 Å². The van der Waals surface area contributed by atoms with E-state index < -0.39 is 0 Å². The highest BCUT2D eigenvalue weighted by atomic mass is 32.3. The number of thioether (sulfide) groups is 2. The Morgan fingerprint density at radius 2 is 2.67 bits per heavy atom. The molecule has 0 N–H and O–H groups in total. The first-order chi connectivity index (χ1) is 3.00. The molecule has 0 spiro atoms. The van der Waals surface area contributed by atoms with Crippen molar-refractivity contribution in [1.29, 1.82) is 0 Å². The Bertz CT molecular complexity index is 51.1. The van der Waals surface area contributed by atoms with E-state index in [1.54, 1.807) is 0 Å². The number of thiol groups is 1. The Morgan fingerprint density at radius 3 is 2.83 bits per heavy atom. The van der Waals surface area contributed by atoms with Gasteiger partial charge in [0, 0.05) is 10.2 Å². The highest BCUT2D eigenvalue weighted by molar-refractivity contribution is 8.37. The first-order valence-corrected chi connectivity index (χ1v) is 5.03. The van der Waals surface area contributed by atoms with Crippen LogP contribution < -0.4 is 0 Å². The zero-order valence-corrected chi connectivity index (χ0v) is 5.78. The fourth-order valence-electron chi connectivity index (χ4n) is 0.252. The summed E-state index contributed by atoms with van der Waals surface area (Å²) in [5.74, 6) is 0. The van der Waals surface area contributed by atoms with Gasteiger partial charge in [-0.1, -0.05) is 0 Å². The number of rotatable bonds is 0. The van der Waals surface area contributed by atoms with Gasteiger partial charge in [-0.15, -0.1) is 23.5 Å². The summed E-state index contributed by atoms with van der Waals surface area (Å²) in [6.45, 7) is 0. The van der Waals surface area contributed by atoms with E-state index in [1.807, 2.05) is 23.5 Å². The molecule has 0 saturated heterocycles. The average Bonchev–Trinajstić information content (AvgIpc) is 1.72. The molecule has 0 unspecified atom stereocenters. The lowest BCUT2D eigenvalue weighted by atomic mass is 11.8. The molecule has 0 aromatic rings. The zero-order valence-electron chi connectivity index (χ0n) is 3.26. The van der Waals surface area contributed by atoms with Crippen molar-refractivity contribution in [3.8, 4) is 0 Å². The predicted molar refractivity (Wildman–Crippen MR) is 40.0 cm³/mol.